The molecule has 2 rings (SSSR count). The summed E-state index contributed by atoms with van der Waals surface area (Å²) in [7, 11) is 1.33. The van der Waals surface area contributed by atoms with Crippen molar-refractivity contribution in [1.29, 1.82) is 0 Å². The summed E-state index contributed by atoms with van der Waals surface area (Å²) in [4.78, 5) is 23.9. The third-order valence-electron chi connectivity index (χ3n) is 2.69. The molecule has 2 aromatic heterocycles. The normalized spacial score (nSPS) is 10.8. The molecular formula is C14H15BrN2O4S. The summed E-state index contributed by atoms with van der Waals surface area (Å²) in [5.41, 5.74) is 1.48. The van der Waals surface area contributed by atoms with Gasteiger partial charge in [-0.3, -0.25) is 0 Å². The van der Waals surface area contributed by atoms with Crippen LogP contribution >= 0.6 is 27.3 Å². The molecule has 2 heterocycles. The minimum atomic E-state index is -0.528. The standard InChI is InChI=1S/C14H15BrN2O4S/c1-8(2)7-21-14(19)17-6-9(5-16-17)10-4-11(13(18)20-3)22-12(10)15/h4-6,8H,7H2,1-3H3. The van der Waals surface area contributed by atoms with Gasteiger partial charge in [-0.15, -0.1) is 11.3 Å². The molecule has 0 saturated heterocycles. The Labute approximate surface area is 140 Å². The average Bonchev–Trinajstić information content (AvgIpc) is 3.10. The molecule has 0 spiro atoms. The molecule has 0 radical (unpaired) electrons. The zero-order valence-electron chi connectivity index (χ0n) is 12.3. The van der Waals surface area contributed by atoms with Gasteiger partial charge in [0.1, 0.15) is 4.88 Å². The summed E-state index contributed by atoms with van der Waals surface area (Å²) in [6.45, 7) is 4.25. The van der Waals surface area contributed by atoms with Crippen molar-refractivity contribution < 1.29 is 19.1 Å². The molecule has 8 heteroatoms. The van der Waals surface area contributed by atoms with Crippen LogP contribution in [0.4, 0.5) is 4.79 Å². The summed E-state index contributed by atoms with van der Waals surface area (Å²) in [6, 6.07) is 1.70. The lowest BCUT2D eigenvalue weighted by Gasteiger charge is -2.05. The van der Waals surface area contributed by atoms with Crippen LogP contribution in [0.15, 0.2) is 22.2 Å². The minimum Gasteiger partial charge on any atom is -0.465 e. The van der Waals surface area contributed by atoms with Gasteiger partial charge >= 0.3 is 12.1 Å². The first kappa shape index (κ1) is 16.7. The number of halogens is 1. The van der Waals surface area contributed by atoms with Crippen molar-refractivity contribution in [3.63, 3.8) is 0 Å². The third-order valence-corrected chi connectivity index (χ3v) is 4.51. The van der Waals surface area contributed by atoms with Gasteiger partial charge in [-0.25, -0.2) is 9.59 Å². The van der Waals surface area contributed by atoms with Crippen LogP contribution in [-0.2, 0) is 9.47 Å². The van der Waals surface area contributed by atoms with E-state index in [2.05, 4.69) is 21.0 Å². The van der Waals surface area contributed by atoms with E-state index in [0.717, 1.165) is 14.0 Å². The summed E-state index contributed by atoms with van der Waals surface area (Å²) in [5.74, 6) is -0.145. The number of carbonyl (C=O) groups is 2. The number of ether oxygens (including phenoxy) is 2. The van der Waals surface area contributed by atoms with Crippen LogP contribution < -0.4 is 0 Å². The number of methoxy groups -OCH3 is 1. The number of hydrogen-bond acceptors (Lipinski definition) is 6. The van der Waals surface area contributed by atoms with Gasteiger partial charge in [-0.2, -0.15) is 9.78 Å². The van der Waals surface area contributed by atoms with Gasteiger partial charge < -0.3 is 9.47 Å². The first-order chi connectivity index (χ1) is 10.4. The molecule has 2 aromatic rings. The van der Waals surface area contributed by atoms with Crippen LogP contribution in [0.5, 0.6) is 0 Å². The summed E-state index contributed by atoms with van der Waals surface area (Å²) >= 11 is 4.67. The number of esters is 1. The first-order valence-corrected chi connectivity index (χ1v) is 8.13. The molecule has 0 saturated carbocycles. The molecule has 22 heavy (non-hydrogen) atoms. The van der Waals surface area contributed by atoms with Crippen molar-refractivity contribution >= 4 is 39.3 Å². The maximum Gasteiger partial charge on any atom is 0.434 e. The van der Waals surface area contributed by atoms with E-state index in [1.54, 1.807) is 18.5 Å². The molecule has 118 valence electrons. The van der Waals surface area contributed by atoms with E-state index in [0.29, 0.717) is 17.0 Å². The SMILES string of the molecule is COC(=O)c1cc(-c2cnn(C(=O)OCC(C)C)c2)c(Br)s1. The molecule has 0 aromatic carbocycles. The lowest BCUT2D eigenvalue weighted by Crippen LogP contribution is -2.16. The van der Waals surface area contributed by atoms with E-state index in [-0.39, 0.29) is 5.92 Å². The fraction of sp³-hybridized carbons (Fsp3) is 0.357. The van der Waals surface area contributed by atoms with Crippen molar-refractivity contribution in [1.82, 2.24) is 9.78 Å². The second-order valence-corrected chi connectivity index (χ2v) is 7.30. The van der Waals surface area contributed by atoms with Crippen LogP contribution in [-0.4, -0.2) is 35.6 Å². The molecule has 0 aliphatic rings. The molecule has 0 fully saturated rings. The quantitative estimate of drug-likeness (QED) is 0.747. The lowest BCUT2D eigenvalue weighted by molar-refractivity contribution is 0.0606. The fourth-order valence-corrected chi connectivity index (χ4v) is 3.32. The van der Waals surface area contributed by atoms with E-state index in [1.807, 2.05) is 13.8 Å². The Hall–Kier alpha value is -1.67. The zero-order chi connectivity index (χ0) is 16.3. The maximum absolute atomic E-state index is 11.8. The molecule has 0 aliphatic carbocycles. The number of hydrogen-bond donors (Lipinski definition) is 0. The van der Waals surface area contributed by atoms with Crippen LogP contribution in [0.25, 0.3) is 11.1 Å². The topological polar surface area (TPSA) is 70.4 Å². The van der Waals surface area contributed by atoms with Gasteiger partial charge in [0.2, 0.25) is 0 Å². The average molecular weight is 387 g/mol. The Bertz CT molecular complexity index is 693. The van der Waals surface area contributed by atoms with E-state index < -0.39 is 12.1 Å². The van der Waals surface area contributed by atoms with Gasteiger partial charge in [0.15, 0.2) is 0 Å². The van der Waals surface area contributed by atoms with E-state index >= 15 is 0 Å². The maximum atomic E-state index is 11.8. The van der Waals surface area contributed by atoms with E-state index in [1.165, 1.54) is 18.4 Å². The van der Waals surface area contributed by atoms with Crippen LogP contribution in [0, 0.1) is 5.92 Å². The highest BCUT2D eigenvalue weighted by molar-refractivity contribution is 9.11. The molecule has 0 N–H and O–H groups in total. The monoisotopic (exact) mass is 386 g/mol. The largest absolute Gasteiger partial charge is 0.465 e. The molecular weight excluding hydrogens is 372 g/mol. The molecule has 0 atom stereocenters. The van der Waals surface area contributed by atoms with Crippen LogP contribution in [0.3, 0.4) is 0 Å². The van der Waals surface area contributed by atoms with Gasteiger partial charge in [-0.1, -0.05) is 13.8 Å². The predicted molar refractivity (Wildman–Crippen MR) is 86.2 cm³/mol. The van der Waals surface area contributed by atoms with Gasteiger partial charge in [0, 0.05) is 17.3 Å². The third kappa shape index (κ3) is 3.75. The summed E-state index contributed by atoms with van der Waals surface area (Å²) in [6.07, 6.45) is 2.58. The summed E-state index contributed by atoms with van der Waals surface area (Å²) in [5, 5.41) is 4.00. The lowest BCUT2D eigenvalue weighted by atomic mass is 10.2. The van der Waals surface area contributed by atoms with Gasteiger partial charge in [0.05, 0.1) is 23.7 Å². The number of thiophene rings is 1. The van der Waals surface area contributed by atoms with Gasteiger partial charge in [-0.05, 0) is 27.9 Å². The van der Waals surface area contributed by atoms with Crippen LogP contribution in [0.2, 0.25) is 0 Å². The Morgan fingerprint density at radius 1 is 1.45 bits per heavy atom. The van der Waals surface area contributed by atoms with Crippen molar-refractivity contribution in [2.75, 3.05) is 13.7 Å². The Morgan fingerprint density at radius 3 is 2.82 bits per heavy atom. The number of carbonyl (C=O) groups excluding carboxylic acids is 2. The minimum absolute atomic E-state index is 0.257. The van der Waals surface area contributed by atoms with E-state index in [4.69, 9.17) is 9.47 Å². The Balaban J connectivity index is 2.19. The highest BCUT2D eigenvalue weighted by atomic mass is 79.9. The van der Waals surface area contributed by atoms with Gasteiger partial charge in [0.25, 0.3) is 0 Å². The molecule has 0 amide bonds. The fourth-order valence-electron chi connectivity index (χ4n) is 1.63. The predicted octanol–water partition coefficient (Wildman–Crippen LogP) is 3.80. The smallest absolute Gasteiger partial charge is 0.434 e. The van der Waals surface area contributed by atoms with Crippen molar-refractivity contribution in [2.45, 2.75) is 13.8 Å². The Kier molecular flexibility index (Phi) is 5.36. The van der Waals surface area contributed by atoms with Crippen molar-refractivity contribution in [3.05, 3.63) is 27.1 Å². The second kappa shape index (κ2) is 7.06. The number of aromatic nitrogens is 2. The first-order valence-electron chi connectivity index (χ1n) is 6.52. The Morgan fingerprint density at radius 2 is 2.18 bits per heavy atom. The van der Waals surface area contributed by atoms with Crippen molar-refractivity contribution in [2.24, 2.45) is 5.92 Å². The van der Waals surface area contributed by atoms with Crippen molar-refractivity contribution in [3.8, 4) is 11.1 Å². The highest BCUT2D eigenvalue weighted by Gasteiger charge is 2.17. The summed E-state index contributed by atoms with van der Waals surface area (Å²) < 4.78 is 11.7. The zero-order valence-corrected chi connectivity index (χ0v) is 14.7. The van der Waals surface area contributed by atoms with Crippen LogP contribution in [0.1, 0.15) is 23.5 Å². The molecule has 0 unspecified atom stereocenters. The molecule has 0 bridgehead atoms. The molecule has 6 nitrogen and oxygen atoms in total. The number of rotatable bonds is 4. The van der Waals surface area contributed by atoms with E-state index in [9.17, 15) is 9.59 Å². The second-order valence-electron chi connectivity index (χ2n) is 4.93. The number of nitrogens with zero attached hydrogens (tertiary/aromatic N) is 2. The highest BCUT2D eigenvalue weighted by Crippen LogP contribution is 2.36. The molecule has 0 aliphatic heterocycles.